The summed E-state index contributed by atoms with van der Waals surface area (Å²) in [6.45, 7) is 1.48. The van der Waals surface area contributed by atoms with Crippen LogP contribution in [0.15, 0.2) is 12.1 Å². The van der Waals surface area contributed by atoms with Crippen LogP contribution in [0.25, 0.3) is 10.9 Å². The highest BCUT2D eigenvalue weighted by atomic mass is 35.5. The summed E-state index contributed by atoms with van der Waals surface area (Å²) in [7, 11) is 1.78. The molecule has 0 spiro atoms. The van der Waals surface area contributed by atoms with Gasteiger partial charge in [-0.25, -0.2) is 0 Å². The lowest BCUT2D eigenvalue weighted by Crippen LogP contribution is -1.92. The van der Waals surface area contributed by atoms with Crippen LogP contribution < -0.4 is 0 Å². The highest BCUT2D eigenvalue weighted by Crippen LogP contribution is 2.34. The van der Waals surface area contributed by atoms with Gasteiger partial charge in [-0.1, -0.05) is 34.8 Å². The SMILES string of the molecule is CC(=O)c1c(Cl)n(C)c2cc(Cl)c(Cl)cc12. The summed E-state index contributed by atoms with van der Waals surface area (Å²) in [5, 5.41) is 2.00. The van der Waals surface area contributed by atoms with Crippen molar-refractivity contribution < 1.29 is 4.79 Å². The molecule has 0 aliphatic carbocycles. The Labute approximate surface area is 108 Å². The van der Waals surface area contributed by atoms with Crippen LogP contribution in [0, 0.1) is 0 Å². The second-order valence-corrected chi connectivity index (χ2v) is 4.74. The van der Waals surface area contributed by atoms with Crippen molar-refractivity contribution in [1.29, 1.82) is 0 Å². The van der Waals surface area contributed by atoms with Gasteiger partial charge in [-0.2, -0.15) is 0 Å². The third-order valence-electron chi connectivity index (χ3n) is 2.52. The van der Waals surface area contributed by atoms with Gasteiger partial charge in [-0.3, -0.25) is 4.79 Å². The Hall–Kier alpha value is -0.700. The molecule has 16 heavy (non-hydrogen) atoms. The Bertz CT molecular complexity index is 601. The van der Waals surface area contributed by atoms with Crippen LogP contribution in [0.2, 0.25) is 15.2 Å². The molecule has 0 unspecified atom stereocenters. The maximum absolute atomic E-state index is 11.5. The van der Waals surface area contributed by atoms with Gasteiger partial charge in [0.1, 0.15) is 5.15 Å². The summed E-state index contributed by atoms with van der Waals surface area (Å²) in [5.74, 6) is -0.0889. The first kappa shape index (κ1) is 11.8. The lowest BCUT2D eigenvalue weighted by molar-refractivity contribution is 0.101. The third kappa shape index (κ3) is 1.61. The lowest BCUT2D eigenvalue weighted by atomic mass is 10.1. The number of carbonyl (C=O) groups excluding carboxylic acids is 1. The normalized spacial score (nSPS) is 11.1. The molecule has 0 fully saturated rings. The van der Waals surface area contributed by atoms with Crippen molar-refractivity contribution in [3.63, 3.8) is 0 Å². The maximum atomic E-state index is 11.5. The second kappa shape index (κ2) is 3.95. The molecule has 1 heterocycles. The molecule has 0 amide bonds. The molecular formula is C11H8Cl3NO. The van der Waals surface area contributed by atoms with E-state index < -0.39 is 0 Å². The molecule has 0 bridgehead atoms. The molecular weight excluding hydrogens is 268 g/mol. The van der Waals surface area contributed by atoms with E-state index in [0.717, 1.165) is 10.9 Å². The summed E-state index contributed by atoms with van der Waals surface area (Å²) in [6, 6.07) is 3.37. The minimum Gasteiger partial charge on any atom is -0.334 e. The number of aryl methyl sites for hydroxylation is 1. The number of carbonyl (C=O) groups is 1. The van der Waals surface area contributed by atoms with Gasteiger partial charge in [-0.05, 0) is 19.1 Å². The number of halogens is 3. The van der Waals surface area contributed by atoms with E-state index in [1.54, 1.807) is 23.7 Å². The number of hydrogen-bond acceptors (Lipinski definition) is 1. The number of hydrogen-bond donors (Lipinski definition) is 0. The number of benzene rings is 1. The first-order chi connectivity index (χ1) is 7.43. The zero-order valence-electron chi connectivity index (χ0n) is 8.64. The van der Waals surface area contributed by atoms with Crippen molar-refractivity contribution in [1.82, 2.24) is 4.57 Å². The van der Waals surface area contributed by atoms with Crippen molar-refractivity contribution in [2.45, 2.75) is 6.92 Å². The zero-order valence-corrected chi connectivity index (χ0v) is 10.9. The van der Waals surface area contributed by atoms with E-state index in [2.05, 4.69) is 0 Å². The fourth-order valence-corrected chi connectivity index (χ4v) is 2.38. The molecule has 2 rings (SSSR count). The maximum Gasteiger partial charge on any atom is 0.163 e. The van der Waals surface area contributed by atoms with Crippen LogP contribution in [-0.2, 0) is 7.05 Å². The van der Waals surface area contributed by atoms with Crippen LogP contribution in [0.5, 0.6) is 0 Å². The Morgan fingerprint density at radius 3 is 2.31 bits per heavy atom. The predicted octanol–water partition coefficient (Wildman–Crippen LogP) is 4.34. The van der Waals surface area contributed by atoms with Crippen molar-refractivity contribution in [2.24, 2.45) is 7.05 Å². The molecule has 0 N–H and O–H groups in total. The van der Waals surface area contributed by atoms with Crippen molar-refractivity contribution in [2.75, 3.05) is 0 Å². The molecule has 0 saturated carbocycles. The monoisotopic (exact) mass is 275 g/mol. The number of ketones is 1. The van der Waals surface area contributed by atoms with E-state index in [1.165, 1.54) is 6.92 Å². The van der Waals surface area contributed by atoms with Gasteiger partial charge < -0.3 is 4.57 Å². The third-order valence-corrected chi connectivity index (χ3v) is 3.69. The average Bonchev–Trinajstić information content (AvgIpc) is 2.42. The quantitative estimate of drug-likeness (QED) is 0.710. The molecule has 2 nitrogen and oxygen atoms in total. The number of fused-ring (bicyclic) bond motifs is 1. The first-order valence-corrected chi connectivity index (χ1v) is 5.70. The topological polar surface area (TPSA) is 22.0 Å². The van der Waals surface area contributed by atoms with Crippen molar-refractivity contribution in [3.05, 3.63) is 32.9 Å². The van der Waals surface area contributed by atoms with Gasteiger partial charge >= 0.3 is 0 Å². The van der Waals surface area contributed by atoms with Crippen LogP contribution >= 0.6 is 34.8 Å². The van der Waals surface area contributed by atoms with Crippen LogP contribution in [0.4, 0.5) is 0 Å². The standard InChI is InChI=1S/C11H8Cl3NO/c1-5(16)10-6-3-7(12)8(13)4-9(6)15(2)11(10)14/h3-4H,1-2H3. The summed E-state index contributed by atoms with van der Waals surface area (Å²) in [6.07, 6.45) is 0. The van der Waals surface area contributed by atoms with Gasteiger partial charge in [0.2, 0.25) is 0 Å². The largest absolute Gasteiger partial charge is 0.334 e. The van der Waals surface area contributed by atoms with Gasteiger partial charge in [0.05, 0.1) is 21.1 Å². The van der Waals surface area contributed by atoms with E-state index in [1.807, 2.05) is 0 Å². The van der Waals surface area contributed by atoms with E-state index in [0.29, 0.717) is 20.8 Å². The van der Waals surface area contributed by atoms with Gasteiger partial charge in [0.15, 0.2) is 5.78 Å². The van der Waals surface area contributed by atoms with Gasteiger partial charge in [0, 0.05) is 12.4 Å². The molecule has 0 radical (unpaired) electrons. The van der Waals surface area contributed by atoms with Crippen molar-refractivity contribution >= 4 is 51.5 Å². The highest BCUT2D eigenvalue weighted by molar-refractivity contribution is 6.43. The second-order valence-electron chi connectivity index (χ2n) is 3.56. The lowest BCUT2D eigenvalue weighted by Gasteiger charge is -1.99. The Kier molecular flexibility index (Phi) is 2.91. The average molecular weight is 277 g/mol. The molecule has 1 aromatic heterocycles. The summed E-state index contributed by atoms with van der Waals surface area (Å²) < 4.78 is 1.72. The number of aromatic nitrogens is 1. The molecule has 0 aliphatic heterocycles. The van der Waals surface area contributed by atoms with Crippen LogP contribution in [0.3, 0.4) is 0 Å². The number of Topliss-reactive ketones (excluding diaryl/α,β-unsaturated/α-hetero) is 1. The van der Waals surface area contributed by atoms with Gasteiger partial charge in [-0.15, -0.1) is 0 Å². The van der Waals surface area contributed by atoms with Crippen molar-refractivity contribution in [3.8, 4) is 0 Å². The summed E-state index contributed by atoms with van der Waals surface area (Å²) in [4.78, 5) is 11.5. The Morgan fingerprint density at radius 2 is 1.75 bits per heavy atom. The Balaban J connectivity index is 2.97. The zero-order chi connectivity index (χ0) is 12.0. The summed E-state index contributed by atoms with van der Waals surface area (Å²) in [5.41, 5.74) is 1.28. The van der Waals surface area contributed by atoms with Gasteiger partial charge in [0.25, 0.3) is 0 Å². The molecule has 1 aromatic carbocycles. The number of rotatable bonds is 1. The number of nitrogens with zero attached hydrogens (tertiary/aromatic N) is 1. The fraction of sp³-hybridized carbons (Fsp3) is 0.182. The molecule has 2 aromatic rings. The van der Waals surface area contributed by atoms with Crippen LogP contribution in [0.1, 0.15) is 17.3 Å². The minimum absolute atomic E-state index is 0.0889. The molecule has 0 saturated heterocycles. The highest BCUT2D eigenvalue weighted by Gasteiger charge is 2.18. The van der Waals surface area contributed by atoms with E-state index in [4.69, 9.17) is 34.8 Å². The van der Waals surface area contributed by atoms with E-state index >= 15 is 0 Å². The summed E-state index contributed by atoms with van der Waals surface area (Å²) >= 11 is 18.0. The Morgan fingerprint density at radius 1 is 1.19 bits per heavy atom. The van der Waals surface area contributed by atoms with Crippen LogP contribution in [-0.4, -0.2) is 10.4 Å². The van der Waals surface area contributed by atoms with E-state index in [-0.39, 0.29) is 5.78 Å². The fourth-order valence-electron chi connectivity index (χ4n) is 1.73. The molecule has 0 atom stereocenters. The van der Waals surface area contributed by atoms with E-state index in [9.17, 15) is 4.79 Å². The first-order valence-electron chi connectivity index (χ1n) is 4.57. The smallest absolute Gasteiger partial charge is 0.163 e. The predicted molar refractivity (Wildman–Crippen MR) is 68.0 cm³/mol. The molecule has 0 aliphatic rings. The minimum atomic E-state index is -0.0889. The molecule has 84 valence electrons. The molecule has 5 heteroatoms.